The van der Waals surface area contributed by atoms with Crippen LogP contribution in [0.5, 0.6) is 0 Å². The van der Waals surface area contributed by atoms with Crippen molar-refractivity contribution in [3.8, 4) is 0 Å². The molecule has 1 saturated carbocycles. The first-order valence-corrected chi connectivity index (χ1v) is 6.90. The molecular weight excluding hydrogens is 254 g/mol. The van der Waals surface area contributed by atoms with Gasteiger partial charge in [-0.05, 0) is 18.6 Å². The zero-order valence-corrected chi connectivity index (χ0v) is 10.9. The number of carboxylic acids is 1. The van der Waals surface area contributed by atoms with Gasteiger partial charge in [-0.2, -0.15) is 12.6 Å². The molecule has 6 heteroatoms. The second-order valence-electron chi connectivity index (χ2n) is 4.91. The Hall–Kier alpha value is -1.04. The van der Waals surface area contributed by atoms with E-state index in [1.54, 1.807) is 0 Å². The monoisotopic (exact) mass is 271 g/mol. The smallest absolute Gasteiger partial charge is 0.327 e. The molecule has 0 radical (unpaired) electrons. The summed E-state index contributed by atoms with van der Waals surface area (Å²) in [5.41, 5.74) is 0. The van der Waals surface area contributed by atoms with E-state index in [0.29, 0.717) is 12.2 Å². The minimum absolute atomic E-state index is 0.109. The van der Waals surface area contributed by atoms with Gasteiger partial charge in [-0.25, -0.2) is 4.79 Å². The highest BCUT2D eigenvalue weighted by Gasteiger charge is 2.53. The summed E-state index contributed by atoms with van der Waals surface area (Å²) in [5, 5.41) is 9.29. The van der Waals surface area contributed by atoms with Crippen molar-refractivity contribution in [2.45, 2.75) is 38.1 Å². The summed E-state index contributed by atoms with van der Waals surface area (Å²) < 4.78 is 0. The van der Waals surface area contributed by atoms with E-state index in [-0.39, 0.29) is 24.2 Å². The van der Waals surface area contributed by atoms with E-state index in [0.717, 1.165) is 24.2 Å². The van der Waals surface area contributed by atoms with Crippen LogP contribution in [0.4, 0.5) is 0 Å². The van der Waals surface area contributed by atoms with Crippen LogP contribution in [0.2, 0.25) is 0 Å². The lowest BCUT2D eigenvalue weighted by Gasteiger charge is -2.25. The maximum absolute atomic E-state index is 12.2. The summed E-state index contributed by atoms with van der Waals surface area (Å²) in [5.74, 6) is -1.91. The Morgan fingerprint density at radius 3 is 2.61 bits per heavy atom. The molecule has 2 fully saturated rings. The Bertz CT molecular complexity index is 384. The molecule has 1 saturated heterocycles. The Labute approximate surface area is 111 Å². The van der Waals surface area contributed by atoms with Crippen LogP contribution in [0.3, 0.4) is 0 Å². The fraction of sp³-hybridized carbons (Fsp3) is 0.750. The van der Waals surface area contributed by atoms with Crippen LogP contribution in [-0.2, 0) is 14.4 Å². The van der Waals surface area contributed by atoms with Gasteiger partial charge < -0.3 is 5.11 Å². The van der Waals surface area contributed by atoms with E-state index in [9.17, 15) is 19.5 Å². The van der Waals surface area contributed by atoms with E-state index in [2.05, 4.69) is 12.6 Å². The molecule has 2 amide bonds. The van der Waals surface area contributed by atoms with Crippen LogP contribution in [0, 0.1) is 11.8 Å². The zero-order valence-electron chi connectivity index (χ0n) is 10.0. The van der Waals surface area contributed by atoms with Crippen LogP contribution in [-0.4, -0.2) is 39.6 Å². The third-order valence-electron chi connectivity index (χ3n) is 3.91. The van der Waals surface area contributed by atoms with Crippen molar-refractivity contribution in [1.29, 1.82) is 0 Å². The van der Waals surface area contributed by atoms with Crippen molar-refractivity contribution < 1.29 is 19.5 Å². The summed E-state index contributed by atoms with van der Waals surface area (Å²) in [6.07, 6.45) is 3.41. The molecule has 0 aromatic heterocycles. The molecule has 18 heavy (non-hydrogen) atoms. The van der Waals surface area contributed by atoms with Gasteiger partial charge in [0.2, 0.25) is 11.8 Å². The summed E-state index contributed by atoms with van der Waals surface area (Å²) >= 11 is 3.96. The number of rotatable bonds is 3. The number of thiol groups is 1. The largest absolute Gasteiger partial charge is 0.480 e. The molecule has 0 aromatic carbocycles. The lowest BCUT2D eigenvalue weighted by Crippen LogP contribution is -2.45. The van der Waals surface area contributed by atoms with Crippen molar-refractivity contribution in [2.24, 2.45) is 11.8 Å². The first-order chi connectivity index (χ1) is 8.57. The molecule has 1 aliphatic heterocycles. The molecule has 3 unspecified atom stereocenters. The average molecular weight is 271 g/mol. The number of nitrogens with zero attached hydrogens (tertiary/aromatic N) is 1. The number of aliphatic carboxylic acids is 1. The first-order valence-electron chi connectivity index (χ1n) is 6.27. The minimum Gasteiger partial charge on any atom is -0.480 e. The molecule has 3 atom stereocenters. The number of fused-ring (bicyclic) bond motifs is 1. The quantitative estimate of drug-likeness (QED) is 0.749. The Kier molecular flexibility index (Phi) is 3.94. The van der Waals surface area contributed by atoms with Gasteiger partial charge in [0, 0.05) is 18.3 Å². The van der Waals surface area contributed by atoms with Crippen LogP contribution >= 0.6 is 12.6 Å². The van der Waals surface area contributed by atoms with Crippen molar-refractivity contribution >= 4 is 30.4 Å². The molecule has 0 aromatic rings. The van der Waals surface area contributed by atoms with E-state index in [4.69, 9.17) is 0 Å². The fourth-order valence-corrected chi connectivity index (χ4v) is 3.33. The maximum atomic E-state index is 12.2. The van der Waals surface area contributed by atoms with Gasteiger partial charge in [-0.15, -0.1) is 0 Å². The van der Waals surface area contributed by atoms with Crippen molar-refractivity contribution in [3.05, 3.63) is 0 Å². The molecule has 1 N–H and O–H groups in total. The second-order valence-corrected chi connectivity index (χ2v) is 5.36. The highest BCUT2D eigenvalue weighted by molar-refractivity contribution is 7.80. The maximum Gasteiger partial charge on any atom is 0.327 e. The zero-order chi connectivity index (χ0) is 13.3. The number of hydrogen-bond donors (Lipinski definition) is 2. The fourth-order valence-electron chi connectivity index (χ4n) is 3.14. The van der Waals surface area contributed by atoms with Crippen LogP contribution in [0.25, 0.3) is 0 Å². The first kappa shape index (κ1) is 13.4. The molecule has 1 heterocycles. The van der Waals surface area contributed by atoms with Gasteiger partial charge in [-0.1, -0.05) is 12.8 Å². The van der Waals surface area contributed by atoms with E-state index in [1.165, 1.54) is 0 Å². The van der Waals surface area contributed by atoms with Crippen LogP contribution in [0.15, 0.2) is 0 Å². The SMILES string of the molecule is O=C(O)C1C2CCCCC2C(=O)N1C(=O)CCS. The molecule has 5 nitrogen and oxygen atoms in total. The standard InChI is InChI=1S/C12H17NO4S/c14-9(5-6-18)13-10(12(16)17)7-3-1-2-4-8(7)11(13)15/h7-8,10,18H,1-6H2,(H,16,17). The van der Waals surface area contributed by atoms with Gasteiger partial charge in [-0.3, -0.25) is 14.5 Å². The summed E-state index contributed by atoms with van der Waals surface area (Å²) in [6, 6.07) is -0.963. The number of carbonyl (C=O) groups excluding carboxylic acids is 2. The van der Waals surface area contributed by atoms with Crippen molar-refractivity contribution in [3.63, 3.8) is 0 Å². The van der Waals surface area contributed by atoms with Crippen LogP contribution in [0.1, 0.15) is 32.1 Å². The number of amides is 2. The predicted molar refractivity (Wildman–Crippen MR) is 67.2 cm³/mol. The number of likely N-dealkylation sites (tertiary alicyclic amines) is 1. The van der Waals surface area contributed by atoms with Gasteiger partial charge in [0.1, 0.15) is 6.04 Å². The number of imide groups is 1. The van der Waals surface area contributed by atoms with E-state index < -0.39 is 17.9 Å². The highest BCUT2D eigenvalue weighted by atomic mass is 32.1. The lowest BCUT2D eigenvalue weighted by atomic mass is 9.78. The highest BCUT2D eigenvalue weighted by Crippen LogP contribution is 2.41. The minimum atomic E-state index is -1.06. The third-order valence-corrected chi connectivity index (χ3v) is 4.13. The average Bonchev–Trinajstić information content (AvgIpc) is 2.64. The molecule has 1 aliphatic carbocycles. The Morgan fingerprint density at radius 2 is 2.00 bits per heavy atom. The molecule has 0 bridgehead atoms. The second kappa shape index (κ2) is 5.30. The van der Waals surface area contributed by atoms with Gasteiger partial charge in [0.25, 0.3) is 0 Å². The molecule has 0 spiro atoms. The Morgan fingerprint density at radius 1 is 1.33 bits per heavy atom. The normalized spacial score (nSPS) is 31.3. The summed E-state index contributed by atoms with van der Waals surface area (Å²) in [6.45, 7) is 0. The van der Waals surface area contributed by atoms with Crippen molar-refractivity contribution in [2.75, 3.05) is 5.75 Å². The number of hydrogen-bond acceptors (Lipinski definition) is 4. The van der Waals surface area contributed by atoms with E-state index in [1.807, 2.05) is 0 Å². The molecular formula is C12H17NO4S. The topological polar surface area (TPSA) is 74.7 Å². The van der Waals surface area contributed by atoms with Gasteiger partial charge in [0.15, 0.2) is 0 Å². The molecule has 2 rings (SSSR count). The summed E-state index contributed by atoms with van der Waals surface area (Å²) in [7, 11) is 0. The van der Waals surface area contributed by atoms with Crippen molar-refractivity contribution in [1.82, 2.24) is 4.90 Å². The number of carboxylic acid groups (broad SMARTS) is 1. The van der Waals surface area contributed by atoms with Crippen LogP contribution < -0.4 is 0 Å². The molecule has 2 aliphatic rings. The number of carbonyl (C=O) groups is 3. The van der Waals surface area contributed by atoms with E-state index >= 15 is 0 Å². The lowest BCUT2D eigenvalue weighted by molar-refractivity contribution is -0.154. The summed E-state index contributed by atoms with van der Waals surface area (Å²) in [4.78, 5) is 36.4. The molecule has 100 valence electrons. The van der Waals surface area contributed by atoms with Gasteiger partial charge in [0.05, 0.1) is 0 Å². The third kappa shape index (κ3) is 2.13. The Balaban J connectivity index is 2.28. The predicted octanol–water partition coefficient (Wildman–Crippen LogP) is 0.935. The van der Waals surface area contributed by atoms with Gasteiger partial charge >= 0.3 is 5.97 Å².